The molecule has 11 heavy (non-hydrogen) atoms. The molecular weight excluding hydrogens is 166 g/mol. The summed E-state index contributed by atoms with van der Waals surface area (Å²) in [5, 5.41) is 12.2. The van der Waals surface area contributed by atoms with Crippen molar-refractivity contribution in [2.24, 2.45) is 0 Å². The number of hydrogen-bond acceptors (Lipinski definition) is 3. The van der Waals surface area contributed by atoms with Crippen LogP contribution in [0.4, 0.5) is 0 Å². The van der Waals surface area contributed by atoms with Gasteiger partial charge in [0.05, 0.1) is 18.8 Å². The van der Waals surface area contributed by atoms with Crippen molar-refractivity contribution in [1.82, 2.24) is 5.32 Å². The minimum atomic E-state index is -0.347. The van der Waals surface area contributed by atoms with Gasteiger partial charge in [0.2, 0.25) is 0 Å². The molecule has 3 nitrogen and oxygen atoms in total. The zero-order chi connectivity index (χ0) is 7.40. The predicted molar refractivity (Wildman–Crippen MR) is 46.1 cm³/mol. The summed E-state index contributed by atoms with van der Waals surface area (Å²) in [7, 11) is 0. The number of nitrogens with one attached hydrogen (secondary N) is 1. The summed E-state index contributed by atoms with van der Waals surface area (Å²) in [6, 6.07) is 0. The van der Waals surface area contributed by atoms with Gasteiger partial charge in [0, 0.05) is 13.1 Å². The van der Waals surface area contributed by atoms with E-state index in [1.165, 1.54) is 0 Å². The molecule has 0 aromatic heterocycles. The van der Waals surface area contributed by atoms with E-state index in [0.717, 1.165) is 6.54 Å². The Hall–Kier alpha value is -0.0900. The number of hydrogen-bond donors (Lipinski definition) is 2. The highest BCUT2D eigenvalue weighted by Crippen LogP contribution is 2.03. The zero-order valence-electron chi connectivity index (χ0n) is 6.32. The van der Waals surface area contributed by atoms with E-state index in [1.807, 2.05) is 0 Å². The van der Waals surface area contributed by atoms with Crippen LogP contribution >= 0.6 is 12.4 Å². The zero-order valence-corrected chi connectivity index (χ0v) is 7.14. The fourth-order valence-electron chi connectivity index (χ4n) is 1.00. The molecule has 0 saturated carbocycles. The minimum absolute atomic E-state index is 0. The summed E-state index contributed by atoms with van der Waals surface area (Å²) in [6.45, 7) is 5.42. The van der Waals surface area contributed by atoms with E-state index in [2.05, 4.69) is 11.9 Å². The Kier molecular flexibility index (Phi) is 5.50. The average Bonchev–Trinajstić information content (AvgIpc) is 2.31. The molecule has 4 heteroatoms. The second kappa shape index (κ2) is 5.55. The minimum Gasteiger partial charge on any atom is -0.389 e. The first-order valence-electron chi connectivity index (χ1n) is 3.46. The van der Waals surface area contributed by atoms with E-state index in [0.29, 0.717) is 13.2 Å². The van der Waals surface area contributed by atoms with Crippen molar-refractivity contribution in [1.29, 1.82) is 0 Å². The largest absolute Gasteiger partial charge is 0.389 e. The SMILES string of the molecule is C=CCO[C@H]1CNC[C@@H]1O.Cl. The first-order valence-corrected chi connectivity index (χ1v) is 3.46. The van der Waals surface area contributed by atoms with Gasteiger partial charge in [0.15, 0.2) is 0 Å². The molecular formula is C7H14ClNO2. The lowest BCUT2D eigenvalue weighted by atomic mass is 10.3. The van der Waals surface area contributed by atoms with Gasteiger partial charge in [-0.15, -0.1) is 19.0 Å². The molecule has 1 rings (SSSR count). The molecule has 1 fully saturated rings. The molecule has 0 unspecified atom stereocenters. The Bertz CT molecular complexity index is 121. The summed E-state index contributed by atoms with van der Waals surface area (Å²) < 4.78 is 5.23. The lowest BCUT2D eigenvalue weighted by Gasteiger charge is -2.12. The molecule has 66 valence electrons. The molecule has 0 amide bonds. The van der Waals surface area contributed by atoms with Crippen molar-refractivity contribution < 1.29 is 9.84 Å². The Morgan fingerprint density at radius 1 is 1.64 bits per heavy atom. The highest BCUT2D eigenvalue weighted by atomic mass is 35.5. The quantitative estimate of drug-likeness (QED) is 0.597. The van der Waals surface area contributed by atoms with Crippen LogP contribution in [0.2, 0.25) is 0 Å². The molecule has 1 heterocycles. The third-order valence-electron chi connectivity index (χ3n) is 1.56. The van der Waals surface area contributed by atoms with E-state index >= 15 is 0 Å². The second-order valence-corrected chi connectivity index (χ2v) is 2.39. The van der Waals surface area contributed by atoms with Crippen molar-refractivity contribution in [3.05, 3.63) is 12.7 Å². The van der Waals surface area contributed by atoms with Gasteiger partial charge >= 0.3 is 0 Å². The van der Waals surface area contributed by atoms with Crippen molar-refractivity contribution in [3.63, 3.8) is 0 Å². The number of rotatable bonds is 3. The van der Waals surface area contributed by atoms with Crippen LogP contribution in [0.1, 0.15) is 0 Å². The molecule has 0 aromatic rings. The molecule has 0 aliphatic carbocycles. The van der Waals surface area contributed by atoms with Crippen molar-refractivity contribution >= 4 is 12.4 Å². The van der Waals surface area contributed by atoms with E-state index in [9.17, 15) is 5.11 Å². The van der Waals surface area contributed by atoms with Crippen LogP contribution in [0, 0.1) is 0 Å². The van der Waals surface area contributed by atoms with Gasteiger partial charge in [-0.1, -0.05) is 6.08 Å². The van der Waals surface area contributed by atoms with Crippen molar-refractivity contribution in [3.8, 4) is 0 Å². The number of β-amino-alcohol motifs (C(OH)–C–C–N with tert-alkyl or cyclic N) is 1. The first-order chi connectivity index (χ1) is 4.84. The van der Waals surface area contributed by atoms with Crippen LogP contribution in [-0.4, -0.2) is 37.0 Å². The van der Waals surface area contributed by atoms with Crippen LogP contribution in [0.25, 0.3) is 0 Å². The number of halogens is 1. The summed E-state index contributed by atoms with van der Waals surface area (Å²) >= 11 is 0. The lowest BCUT2D eigenvalue weighted by Crippen LogP contribution is -2.26. The molecule has 0 bridgehead atoms. The third-order valence-corrected chi connectivity index (χ3v) is 1.56. The van der Waals surface area contributed by atoms with Gasteiger partial charge in [-0.3, -0.25) is 0 Å². The maximum Gasteiger partial charge on any atom is 0.0974 e. The third kappa shape index (κ3) is 3.20. The summed E-state index contributed by atoms with van der Waals surface area (Å²) in [5.74, 6) is 0. The average molecular weight is 180 g/mol. The summed E-state index contributed by atoms with van der Waals surface area (Å²) in [4.78, 5) is 0. The maximum atomic E-state index is 9.19. The van der Waals surface area contributed by atoms with Gasteiger partial charge in [-0.2, -0.15) is 0 Å². The van der Waals surface area contributed by atoms with Gasteiger partial charge in [-0.05, 0) is 0 Å². The van der Waals surface area contributed by atoms with E-state index in [-0.39, 0.29) is 24.6 Å². The Labute approximate surface area is 72.8 Å². The Morgan fingerprint density at radius 3 is 2.82 bits per heavy atom. The standard InChI is InChI=1S/C7H13NO2.ClH/c1-2-3-10-7-5-8-4-6(7)9;/h2,6-9H,1,3-5H2;1H/t6-,7-;/m0./s1. The molecule has 1 aliphatic rings. The van der Waals surface area contributed by atoms with Gasteiger partial charge < -0.3 is 15.2 Å². The number of ether oxygens (including phenoxy) is 1. The van der Waals surface area contributed by atoms with E-state index in [1.54, 1.807) is 6.08 Å². The second-order valence-electron chi connectivity index (χ2n) is 2.39. The Balaban J connectivity index is 0.000001000. The molecule has 0 spiro atoms. The fraction of sp³-hybridized carbons (Fsp3) is 0.714. The lowest BCUT2D eigenvalue weighted by molar-refractivity contribution is 0.00500. The summed E-state index contributed by atoms with van der Waals surface area (Å²) in [5.41, 5.74) is 0. The topological polar surface area (TPSA) is 41.5 Å². The summed E-state index contributed by atoms with van der Waals surface area (Å²) in [6.07, 6.45) is 1.29. The predicted octanol–water partition coefficient (Wildman–Crippen LogP) is -0.0565. The highest BCUT2D eigenvalue weighted by molar-refractivity contribution is 5.85. The van der Waals surface area contributed by atoms with Gasteiger partial charge in [-0.25, -0.2) is 0 Å². The van der Waals surface area contributed by atoms with Gasteiger partial charge in [0.25, 0.3) is 0 Å². The van der Waals surface area contributed by atoms with Crippen LogP contribution < -0.4 is 5.32 Å². The van der Waals surface area contributed by atoms with Gasteiger partial charge in [0.1, 0.15) is 0 Å². The molecule has 1 saturated heterocycles. The Morgan fingerprint density at radius 2 is 2.36 bits per heavy atom. The van der Waals surface area contributed by atoms with Crippen molar-refractivity contribution in [2.75, 3.05) is 19.7 Å². The molecule has 2 atom stereocenters. The van der Waals surface area contributed by atoms with Crippen LogP contribution in [-0.2, 0) is 4.74 Å². The molecule has 2 N–H and O–H groups in total. The van der Waals surface area contributed by atoms with Crippen LogP contribution in [0.15, 0.2) is 12.7 Å². The van der Waals surface area contributed by atoms with Crippen LogP contribution in [0.3, 0.4) is 0 Å². The highest BCUT2D eigenvalue weighted by Gasteiger charge is 2.24. The van der Waals surface area contributed by atoms with E-state index in [4.69, 9.17) is 4.74 Å². The monoisotopic (exact) mass is 179 g/mol. The van der Waals surface area contributed by atoms with Crippen molar-refractivity contribution in [2.45, 2.75) is 12.2 Å². The molecule has 0 radical (unpaired) electrons. The molecule has 0 aromatic carbocycles. The maximum absolute atomic E-state index is 9.19. The fourth-order valence-corrected chi connectivity index (χ4v) is 1.00. The van der Waals surface area contributed by atoms with E-state index < -0.39 is 0 Å². The number of aliphatic hydroxyl groups is 1. The normalized spacial score (nSPS) is 29.5. The smallest absolute Gasteiger partial charge is 0.0974 e. The first kappa shape index (κ1) is 10.9. The molecule has 1 aliphatic heterocycles. The van der Waals surface area contributed by atoms with Crippen LogP contribution in [0.5, 0.6) is 0 Å². The number of aliphatic hydroxyl groups excluding tert-OH is 1.